The van der Waals surface area contributed by atoms with Crippen LogP contribution in [0, 0.1) is 0 Å². The molecule has 0 aliphatic heterocycles. The van der Waals surface area contributed by atoms with Gasteiger partial charge in [0, 0.05) is 0 Å². The molecule has 0 aromatic carbocycles. The van der Waals surface area contributed by atoms with Crippen LogP contribution in [-0.4, -0.2) is 42.6 Å². The Morgan fingerprint density at radius 2 is 1.11 bits per heavy atom. The van der Waals surface area contributed by atoms with E-state index in [4.69, 9.17) is 0 Å². The van der Waals surface area contributed by atoms with Gasteiger partial charge in [-0.2, -0.15) is 43.9 Å². The highest BCUT2D eigenvalue weighted by atomic mass is 32.3. The molecule has 0 rings (SSSR count). The first-order valence-corrected chi connectivity index (χ1v) is 5.72. The van der Waals surface area contributed by atoms with E-state index in [0.717, 1.165) is 0 Å². The smallest absolute Gasteiger partial charge is 0.460 e. The van der Waals surface area contributed by atoms with Gasteiger partial charge in [0.25, 0.3) is 0 Å². The van der Waals surface area contributed by atoms with Crippen molar-refractivity contribution in [3.05, 3.63) is 0 Å². The van der Waals surface area contributed by atoms with Crippen molar-refractivity contribution >= 4 is 9.63 Å². The van der Waals surface area contributed by atoms with Crippen LogP contribution in [-0.2, 0) is 9.63 Å². The molecule has 0 saturated carbocycles. The van der Waals surface area contributed by atoms with E-state index in [1.54, 1.807) is 0 Å². The average Bonchev–Trinajstić information content (AvgIpc) is 1.93. The van der Waals surface area contributed by atoms with E-state index in [2.05, 4.69) is 0 Å². The molecule has 0 amide bonds. The molecule has 0 aliphatic carbocycles. The molecule has 0 aromatic rings. The molecule has 0 radical (unpaired) electrons. The number of rotatable bonds is 3. The first-order chi connectivity index (χ1) is 7.74. The summed E-state index contributed by atoms with van der Waals surface area (Å²) in [5.41, 5.74) is 0. The average molecular weight is 332 g/mol. The maximum Gasteiger partial charge on any atom is 0.460 e. The summed E-state index contributed by atoms with van der Waals surface area (Å²) < 4.78 is 150. The Labute approximate surface area is 97.2 Å². The second-order valence-corrected chi connectivity index (χ2v) is 6.01. The van der Waals surface area contributed by atoms with E-state index in [1.807, 2.05) is 0 Å². The fourth-order valence-electron chi connectivity index (χ4n) is 0.786. The Bertz CT molecular complexity index is 414. The highest BCUT2D eigenvalue weighted by molar-refractivity contribution is 8.11. The van der Waals surface area contributed by atoms with Gasteiger partial charge in [0.2, 0.25) is 0 Å². The molecule has 0 atom stereocenters. The Kier molecular flexibility index (Phi) is 3.81. The fourth-order valence-corrected chi connectivity index (χ4v) is 2.14. The maximum absolute atomic E-state index is 12.5. The highest BCUT2D eigenvalue weighted by Crippen LogP contribution is 2.55. The third-order valence-electron chi connectivity index (χ3n) is 1.63. The molecule has 0 fully saturated rings. The Morgan fingerprint density at radius 3 is 1.32 bits per heavy atom. The lowest BCUT2D eigenvalue weighted by atomic mass is 10.3. The molecular formula is C5H2F10O3S-2. The van der Waals surface area contributed by atoms with Crippen molar-refractivity contribution in [3.8, 4) is 0 Å². The standard InChI is InChI=1S/C5H4F10O3S/c6-2(7,8)1-19(16,17,18)5(14,15)3(9,10)4(11,12)13/h1H2,(H2,16,17,18)/p-2. The normalized spacial score (nSPS) is 18.0. The van der Waals surface area contributed by atoms with Gasteiger partial charge < -0.3 is 13.3 Å². The summed E-state index contributed by atoms with van der Waals surface area (Å²) in [5.74, 6) is -11.5. The number of halogens is 10. The summed E-state index contributed by atoms with van der Waals surface area (Å²) >= 11 is 0. The number of alkyl halides is 10. The highest BCUT2D eigenvalue weighted by Gasteiger charge is 2.77. The van der Waals surface area contributed by atoms with E-state index in [9.17, 15) is 57.2 Å². The third kappa shape index (κ3) is 3.10. The zero-order valence-corrected chi connectivity index (χ0v) is 8.94. The molecule has 0 N–H and O–H groups in total. The number of sulfone groups is 3. The largest absolute Gasteiger partial charge is 0.794 e. The molecule has 19 heavy (non-hydrogen) atoms. The minimum atomic E-state index is -9.19. The van der Waals surface area contributed by atoms with Crippen molar-refractivity contribution in [2.45, 2.75) is 23.5 Å². The van der Waals surface area contributed by atoms with Gasteiger partial charge in [-0.05, 0) is 0 Å². The van der Waals surface area contributed by atoms with Crippen LogP contribution in [0.5, 0.6) is 0 Å². The van der Waals surface area contributed by atoms with Crippen LogP contribution in [0.3, 0.4) is 0 Å². The van der Waals surface area contributed by atoms with E-state index in [-0.39, 0.29) is 0 Å². The van der Waals surface area contributed by atoms with Crippen LogP contribution in [0.4, 0.5) is 43.9 Å². The Hall–Kier alpha value is -0.630. The van der Waals surface area contributed by atoms with Crippen molar-refractivity contribution in [2.24, 2.45) is 0 Å². The predicted octanol–water partition coefficient (Wildman–Crippen LogP) is 2.42. The monoisotopic (exact) mass is 332 g/mol. The Balaban J connectivity index is 5.98. The number of hydrogen-bond donors (Lipinski definition) is 0. The van der Waals surface area contributed by atoms with Gasteiger partial charge in [-0.3, -0.25) is 0 Å². The van der Waals surface area contributed by atoms with Crippen molar-refractivity contribution in [3.63, 3.8) is 0 Å². The van der Waals surface area contributed by atoms with Gasteiger partial charge in [-0.15, -0.1) is 9.63 Å². The van der Waals surface area contributed by atoms with E-state index in [1.165, 1.54) is 0 Å². The lowest BCUT2D eigenvalue weighted by Crippen LogP contribution is -2.67. The van der Waals surface area contributed by atoms with E-state index >= 15 is 0 Å². The summed E-state index contributed by atoms with van der Waals surface area (Å²) in [6.45, 7) is 0. The zero-order valence-electron chi connectivity index (χ0n) is 8.12. The minimum Gasteiger partial charge on any atom is -0.794 e. The van der Waals surface area contributed by atoms with Gasteiger partial charge in [-0.1, -0.05) is 0 Å². The lowest BCUT2D eigenvalue weighted by Gasteiger charge is -2.60. The molecule has 0 bridgehead atoms. The van der Waals surface area contributed by atoms with Gasteiger partial charge in [0.05, 0.1) is 5.75 Å². The molecule has 0 aliphatic rings. The molecule has 14 heteroatoms. The van der Waals surface area contributed by atoms with Gasteiger partial charge >= 0.3 is 23.5 Å². The molecule has 0 heterocycles. The summed E-state index contributed by atoms with van der Waals surface area (Å²) in [4.78, 5) is 0. The zero-order chi connectivity index (χ0) is 16.2. The molecule has 0 unspecified atom stereocenters. The SMILES string of the molecule is O=S([O-])([O-])(CC(F)(F)F)C(F)(F)C(F)(F)C(F)(F)F. The van der Waals surface area contributed by atoms with Crippen LogP contribution in [0.15, 0.2) is 0 Å². The van der Waals surface area contributed by atoms with Crippen LogP contribution >= 0.6 is 0 Å². The lowest BCUT2D eigenvalue weighted by molar-refractivity contribution is -0.335. The summed E-state index contributed by atoms with van der Waals surface area (Å²) in [7, 11) is -9.19. The van der Waals surface area contributed by atoms with E-state index in [0.29, 0.717) is 0 Å². The van der Waals surface area contributed by atoms with Crippen molar-refractivity contribution < 1.29 is 57.2 Å². The van der Waals surface area contributed by atoms with Crippen molar-refractivity contribution in [1.82, 2.24) is 0 Å². The van der Waals surface area contributed by atoms with Crippen LogP contribution in [0.25, 0.3) is 0 Å². The second-order valence-electron chi connectivity index (χ2n) is 3.30. The third-order valence-corrected chi connectivity index (χ3v) is 3.70. The quantitative estimate of drug-likeness (QED) is 0.746. The van der Waals surface area contributed by atoms with Crippen molar-refractivity contribution in [1.29, 1.82) is 0 Å². The summed E-state index contributed by atoms with van der Waals surface area (Å²) in [6.07, 6.45) is -13.5. The maximum atomic E-state index is 12.5. The fraction of sp³-hybridized carbons (Fsp3) is 1.00. The van der Waals surface area contributed by atoms with Crippen LogP contribution in [0.1, 0.15) is 0 Å². The van der Waals surface area contributed by atoms with Gasteiger partial charge in [0.15, 0.2) is 0 Å². The first kappa shape index (κ1) is 18.4. The van der Waals surface area contributed by atoms with Gasteiger partial charge in [-0.25, -0.2) is 0 Å². The minimum absolute atomic E-state index is 4.07. The summed E-state index contributed by atoms with van der Waals surface area (Å²) in [6, 6.07) is 0. The summed E-state index contributed by atoms with van der Waals surface area (Å²) in [5, 5.41) is -7.52. The topological polar surface area (TPSA) is 63.2 Å². The second kappa shape index (κ2) is 3.94. The molecule has 3 nitrogen and oxygen atoms in total. The first-order valence-electron chi connectivity index (χ1n) is 3.74. The van der Waals surface area contributed by atoms with Crippen molar-refractivity contribution in [2.75, 3.05) is 5.75 Å². The van der Waals surface area contributed by atoms with Crippen LogP contribution < -0.4 is 0 Å². The van der Waals surface area contributed by atoms with E-state index < -0.39 is 38.9 Å². The molecule has 0 saturated heterocycles. The van der Waals surface area contributed by atoms with Gasteiger partial charge in [0.1, 0.15) is 0 Å². The number of hydrogen-bond acceptors (Lipinski definition) is 3. The van der Waals surface area contributed by atoms with Crippen LogP contribution in [0.2, 0.25) is 0 Å². The molecule has 118 valence electrons. The Morgan fingerprint density at radius 1 is 0.789 bits per heavy atom. The molecule has 0 spiro atoms. The molecule has 0 aromatic heterocycles. The molecular weight excluding hydrogens is 330 g/mol. The predicted molar refractivity (Wildman–Crippen MR) is 36.6 cm³/mol.